The first kappa shape index (κ1) is 14.3. The van der Waals surface area contributed by atoms with E-state index in [0.29, 0.717) is 17.7 Å². The van der Waals surface area contributed by atoms with Crippen molar-refractivity contribution in [2.75, 3.05) is 6.54 Å². The van der Waals surface area contributed by atoms with E-state index in [1.165, 1.54) is 18.4 Å². The summed E-state index contributed by atoms with van der Waals surface area (Å²) in [4.78, 5) is 4.60. The topological polar surface area (TPSA) is 64.9 Å². The van der Waals surface area contributed by atoms with Crippen LogP contribution in [0.15, 0.2) is 28.8 Å². The largest absolute Gasteiger partial charge is 0.339 e. The first-order valence-corrected chi connectivity index (χ1v) is 7.93. The predicted octanol–water partition coefficient (Wildman–Crippen LogP) is 3.53. The highest BCUT2D eigenvalue weighted by Crippen LogP contribution is 2.35. The van der Waals surface area contributed by atoms with E-state index in [0.717, 1.165) is 37.3 Å². The van der Waals surface area contributed by atoms with E-state index in [4.69, 9.17) is 10.3 Å². The van der Waals surface area contributed by atoms with Crippen LogP contribution in [-0.2, 0) is 6.42 Å². The molecule has 2 N–H and O–H groups in total. The number of aryl methyl sites for hydroxylation is 1. The SMILES string of the molecule is CCc1ccc(-c2noc(C3CCC(CN)CC3)n2)cc1. The van der Waals surface area contributed by atoms with Crippen molar-refractivity contribution in [1.29, 1.82) is 0 Å². The monoisotopic (exact) mass is 285 g/mol. The Morgan fingerprint density at radius 1 is 1.14 bits per heavy atom. The summed E-state index contributed by atoms with van der Waals surface area (Å²) < 4.78 is 5.49. The molecule has 112 valence electrons. The molecular formula is C17H23N3O. The van der Waals surface area contributed by atoms with Gasteiger partial charge in [0.15, 0.2) is 0 Å². The Morgan fingerprint density at radius 3 is 2.48 bits per heavy atom. The maximum atomic E-state index is 5.74. The van der Waals surface area contributed by atoms with Crippen molar-refractivity contribution in [3.05, 3.63) is 35.7 Å². The van der Waals surface area contributed by atoms with Gasteiger partial charge in [-0.2, -0.15) is 4.98 Å². The molecule has 0 spiro atoms. The van der Waals surface area contributed by atoms with E-state index in [1.807, 2.05) is 0 Å². The number of hydrogen-bond acceptors (Lipinski definition) is 4. The molecule has 0 amide bonds. The van der Waals surface area contributed by atoms with Gasteiger partial charge >= 0.3 is 0 Å². The number of nitrogens with zero attached hydrogens (tertiary/aromatic N) is 2. The van der Waals surface area contributed by atoms with Crippen LogP contribution < -0.4 is 5.73 Å². The molecule has 21 heavy (non-hydrogen) atoms. The molecular weight excluding hydrogens is 262 g/mol. The summed E-state index contributed by atoms with van der Waals surface area (Å²) in [5.74, 6) is 2.57. The second-order valence-corrected chi connectivity index (χ2v) is 5.96. The van der Waals surface area contributed by atoms with Crippen molar-refractivity contribution in [2.24, 2.45) is 11.7 Å². The zero-order valence-corrected chi connectivity index (χ0v) is 12.6. The second kappa shape index (κ2) is 6.39. The molecule has 3 rings (SSSR count). The van der Waals surface area contributed by atoms with Gasteiger partial charge in [-0.05, 0) is 50.1 Å². The molecule has 0 atom stereocenters. The molecule has 0 aliphatic heterocycles. The zero-order valence-electron chi connectivity index (χ0n) is 12.6. The van der Waals surface area contributed by atoms with E-state index >= 15 is 0 Å². The second-order valence-electron chi connectivity index (χ2n) is 5.96. The Kier molecular flexibility index (Phi) is 4.34. The number of aromatic nitrogens is 2. The summed E-state index contributed by atoms with van der Waals surface area (Å²) in [6, 6.07) is 8.38. The molecule has 0 bridgehead atoms. The fourth-order valence-corrected chi connectivity index (χ4v) is 3.05. The van der Waals surface area contributed by atoms with Crippen molar-refractivity contribution in [3.8, 4) is 11.4 Å². The molecule has 1 heterocycles. The van der Waals surface area contributed by atoms with Gasteiger partial charge in [0.1, 0.15) is 0 Å². The van der Waals surface area contributed by atoms with Crippen LogP contribution in [0.1, 0.15) is 50.0 Å². The van der Waals surface area contributed by atoms with Crippen molar-refractivity contribution < 1.29 is 4.52 Å². The van der Waals surface area contributed by atoms with Gasteiger partial charge in [-0.3, -0.25) is 0 Å². The van der Waals surface area contributed by atoms with Gasteiger partial charge in [-0.25, -0.2) is 0 Å². The van der Waals surface area contributed by atoms with Gasteiger partial charge in [-0.1, -0.05) is 36.3 Å². The van der Waals surface area contributed by atoms with Gasteiger partial charge in [0, 0.05) is 11.5 Å². The summed E-state index contributed by atoms with van der Waals surface area (Å²) in [6.45, 7) is 2.95. The third-order valence-corrected chi connectivity index (χ3v) is 4.59. The number of nitrogens with two attached hydrogens (primary N) is 1. The van der Waals surface area contributed by atoms with Crippen molar-refractivity contribution in [1.82, 2.24) is 10.1 Å². The van der Waals surface area contributed by atoms with Crippen LogP contribution in [0.5, 0.6) is 0 Å². The van der Waals surface area contributed by atoms with Crippen molar-refractivity contribution in [2.45, 2.75) is 44.9 Å². The quantitative estimate of drug-likeness (QED) is 0.933. The number of hydrogen-bond donors (Lipinski definition) is 1. The Hall–Kier alpha value is -1.68. The Bertz CT molecular complexity index is 568. The van der Waals surface area contributed by atoms with Crippen LogP contribution in [-0.4, -0.2) is 16.7 Å². The minimum Gasteiger partial charge on any atom is -0.339 e. The lowest BCUT2D eigenvalue weighted by Crippen LogP contribution is -2.20. The fourth-order valence-electron chi connectivity index (χ4n) is 3.05. The molecule has 4 nitrogen and oxygen atoms in total. The first-order valence-electron chi connectivity index (χ1n) is 7.93. The molecule has 4 heteroatoms. The standard InChI is InChI=1S/C17H23N3O/c1-2-12-3-7-14(8-4-12)16-19-17(21-20-16)15-9-5-13(11-18)6-10-15/h3-4,7-8,13,15H,2,5-6,9-11,18H2,1H3. The Morgan fingerprint density at radius 2 is 1.86 bits per heavy atom. The molecule has 1 aromatic carbocycles. The van der Waals surface area contributed by atoms with Crippen LogP contribution in [0.25, 0.3) is 11.4 Å². The van der Waals surface area contributed by atoms with Crippen molar-refractivity contribution in [3.63, 3.8) is 0 Å². The predicted molar refractivity (Wildman–Crippen MR) is 82.9 cm³/mol. The van der Waals surface area contributed by atoms with Crippen LogP contribution in [0, 0.1) is 5.92 Å². The summed E-state index contributed by atoms with van der Waals surface area (Å²) in [5, 5.41) is 4.15. The number of benzene rings is 1. The average Bonchev–Trinajstić information content (AvgIpc) is 3.05. The lowest BCUT2D eigenvalue weighted by Gasteiger charge is -2.24. The first-order chi connectivity index (χ1) is 10.3. The molecule has 1 fully saturated rings. The van der Waals surface area contributed by atoms with Crippen LogP contribution in [0.2, 0.25) is 0 Å². The molecule has 0 unspecified atom stereocenters. The Balaban J connectivity index is 1.71. The highest BCUT2D eigenvalue weighted by molar-refractivity contribution is 5.54. The minimum atomic E-state index is 0.406. The van der Waals surface area contributed by atoms with Crippen LogP contribution in [0.3, 0.4) is 0 Å². The molecule has 1 aliphatic carbocycles. The summed E-state index contributed by atoms with van der Waals surface area (Å²) in [6.07, 6.45) is 5.60. The van der Waals surface area contributed by atoms with E-state index in [1.54, 1.807) is 0 Å². The smallest absolute Gasteiger partial charge is 0.230 e. The average molecular weight is 285 g/mol. The molecule has 1 saturated carbocycles. The Labute approximate surface area is 125 Å². The van der Waals surface area contributed by atoms with E-state index in [9.17, 15) is 0 Å². The van der Waals surface area contributed by atoms with Crippen molar-refractivity contribution >= 4 is 0 Å². The summed E-state index contributed by atoms with van der Waals surface area (Å²) in [5.41, 5.74) is 8.09. The third kappa shape index (κ3) is 3.16. The van der Waals surface area contributed by atoms with Crippen LogP contribution >= 0.6 is 0 Å². The maximum Gasteiger partial charge on any atom is 0.230 e. The highest BCUT2D eigenvalue weighted by atomic mass is 16.5. The molecule has 1 aliphatic rings. The molecule has 0 radical (unpaired) electrons. The van der Waals surface area contributed by atoms with Gasteiger partial charge < -0.3 is 10.3 Å². The normalized spacial score (nSPS) is 22.4. The number of rotatable bonds is 4. The fraction of sp³-hybridized carbons (Fsp3) is 0.529. The highest BCUT2D eigenvalue weighted by Gasteiger charge is 2.25. The summed E-state index contributed by atoms with van der Waals surface area (Å²) in [7, 11) is 0. The maximum absolute atomic E-state index is 5.74. The van der Waals surface area contributed by atoms with Gasteiger partial charge in [0.2, 0.25) is 11.7 Å². The zero-order chi connectivity index (χ0) is 14.7. The molecule has 0 saturated heterocycles. The van der Waals surface area contributed by atoms with Gasteiger partial charge in [-0.15, -0.1) is 0 Å². The van der Waals surface area contributed by atoms with E-state index in [-0.39, 0.29) is 0 Å². The van der Waals surface area contributed by atoms with Gasteiger partial charge in [0.05, 0.1) is 0 Å². The van der Waals surface area contributed by atoms with Crippen LogP contribution in [0.4, 0.5) is 0 Å². The van der Waals surface area contributed by atoms with E-state index in [2.05, 4.69) is 41.3 Å². The molecule has 1 aromatic heterocycles. The van der Waals surface area contributed by atoms with Gasteiger partial charge in [0.25, 0.3) is 0 Å². The van der Waals surface area contributed by atoms with E-state index < -0.39 is 0 Å². The lowest BCUT2D eigenvalue weighted by molar-refractivity contribution is 0.275. The third-order valence-electron chi connectivity index (χ3n) is 4.59. The lowest BCUT2D eigenvalue weighted by atomic mass is 9.82. The molecule has 2 aromatic rings. The summed E-state index contributed by atoms with van der Waals surface area (Å²) >= 11 is 0. The minimum absolute atomic E-state index is 0.406.